The Bertz CT molecular complexity index is 1100. The van der Waals surface area contributed by atoms with Crippen LogP contribution in [0.4, 0.5) is 0 Å². The molecular formula is C21H23N5O5S. The second-order valence-corrected chi connectivity index (χ2v) is 8.58. The zero-order valence-corrected chi connectivity index (χ0v) is 18.3. The maximum Gasteiger partial charge on any atom is 0.264 e. The molecule has 2 heterocycles. The molecule has 0 spiro atoms. The Morgan fingerprint density at radius 3 is 1.97 bits per heavy atom. The van der Waals surface area contributed by atoms with Crippen LogP contribution in [0.5, 0.6) is 0 Å². The standard InChI is InChI=1S/C11H13NO4S.C10H10N4O/c1-17(13,14)16-8-10-7-15-11(12-10)9-5-3-2-4-6-9;11-14-12-6-9-7-15-10(13-9)8-4-2-1-3-5-8/h2-6,10H,7-8H2,1H3;1-5,9H,6-7H2/t10-;9-/m01/s1. The molecule has 0 radical (unpaired) electrons. The van der Waals surface area contributed by atoms with Crippen molar-refractivity contribution < 1.29 is 22.1 Å². The van der Waals surface area contributed by atoms with Gasteiger partial charge in [0.25, 0.3) is 10.1 Å². The summed E-state index contributed by atoms with van der Waals surface area (Å²) in [6.07, 6.45) is 1.02. The predicted octanol–water partition coefficient (Wildman–Crippen LogP) is 2.95. The van der Waals surface area contributed by atoms with Gasteiger partial charge in [-0.1, -0.05) is 41.5 Å². The Morgan fingerprint density at radius 1 is 0.969 bits per heavy atom. The smallest absolute Gasteiger partial charge is 0.264 e. The minimum Gasteiger partial charge on any atom is -0.475 e. The topological polar surface area (TPSA) is 135 Å². The van der Waals surface area contributed by atoms with Gasteiger partial charge in [-0.05, 0) is 29.8 Å². The minimum absolute atomic E-state index is 0.0230. The van der Waals surface area contributed by atoms with Crippen LogP contribution in [0.1, 0.15) is 11.1 Å². The van der Waals surface area contributed by atoms with Gasteiger partial charge in [0.2, 0.25) is 11.8 Å². The van der Waals surface area contributed by atoms with Crippen LogP contribution in [-0.4, -0.2) is 64.9 Å². The van der Waals surface area contributed by atoms with E-state index in [9.17, 15) is 8.42 Å². The van der Waals surface area contributed by atoms with Crippen molar-refractivity contribution in [3.05, 3.63) is 82.2 Å². The number of nitrogens with zero attached hydrogens (tertiary/aromatic N) is 5. The fourth-order valence-electron chi connectivity index (χ4n) is 2.82. The average molecular weight is 458 g/mol. The van der Waals surface area contributed by atoms with Crippen molar-refractivity contribution in [3.8, 4) is 0 Å². The molecule has 0 aliphatic carbocycles. The first-order valence-corrected chi connectivity index (χ1v) is 11.6. The van der Waals surface area contributed by atoms with Gasteiger partial charge in [0.05, 0.1) is 25.4 Å². The molecule has 0 saturated heterocycles. The Hall–Kier alpha value is -3.40. The maximum atomic E-state index is 10.8. The highest BCUT2D eigenvalue weighted by atomic mass is 32.2. The molecule has 0 unspecified atom stereocenters. The number of hydrogen-bond acceptors (Lipinski definition) is 8. The van der Waals surface area contributed by atoms with Crippen LogP contribution < -0.4 is 0 Å². The van der Waals surface area contributed by atoms with Gasteiger partial charge in [-0.3, -0.25) is 4.18 Å². The van der Waals surface area contributed by atoms with E-state index in [1.165, 1.54) is 0 Å². The van der Waals surface area contributed by atoms with E-state index in [4.69, 9.17) is 15.0 Å². The van der Waals surface area contributed by atoms with Crippen molar-refractivity contribution in [1.82, 2.24) is 0 Å². The summed E-state index contributed by atoms with van der Waals surface area (Å²) in [6, 6.07) is 18.8. The normalized spacial score (nSPS) is 19.4. The third-order valence-electron chi connectivity index (χ3n) is 4.30. The van der Waals surface area contributed by atoms with Gasteiger partial charge in [0.1, 0.15) is 19.3 Å². The van der Waals surface area contributed by atoms with Crippen LogP contribution in [0.15, 0.2) is 75.8 Å². The average Bonchev–Trinajstić information content (AvgIpc) is 3.47. The van der Waals surface area contributed by atoms with Crippen molar-refractivity contribution in [1.29, 1.82) is 0 Å². The summed E-state index contributed by atoms with van der Waals surface area (Å²) in [5.74, 6) is 1.17. The summed E-state index contributed by atoms with van der Waals surface area (Å²) in [4.78, 5) is 11.3. The highest BCUT2D eigenvalue weighted by Gasteiger charge is 2.21. The molecule has 11 heteroatoms. The van der Waals surface area contributed by atoms with E-state index >= 15 is 0 Å². The zero-order chi connectivity index (χ0) is 22.8. The SMILES string of the molecule is CS(=O)(=O)OC[C@@H]1COC(c2ccccc2)=N1.[N-]=[N+]=NC[C@@H]1COC(c2ccccc2)=N1. The van der Waals surface area contributed by atoms with Gasteiger partial charge in [0.15, 0.2) is 0 Å². The quantitative estimate of drug-likeness (QED) is 0.273. The molecule has 0 fully saturated rings. The van der Waals surface area contributed by atoms with Crippen LogP contribution in [-0.2, 0) is 23.8 Å². The van der Waals surface area contributed by atoms with Crippen molar-refractivity contribution in [2.24, 2.45) is 15.1 Å². The molecule has 0 bridgehead atoms. The first kappa shape index (κ1) is 23.3. The molecule has 0 amide bonds. The lowest BCUT2D eigenvalue weighted by Crippen LogP contribution is -2.17. The van der Waals surface area contributed by atoms with Crippen molar-refractivity contribution in [2.75, 3.05) is 32.6 Å². The largest absolute Gasteiger partial charge is 0.475 e. The molecular weight excluding hydrogens is 434 g/mol. The minimum atomic E-state index is -3.42. The monoisotopic (exact) mass is 457 g/mol. The summed E-state index contributed by atoms with van der Waals surface area (Å²) >= 11 is 0. The lowest BCUT2D eigenvalue weighted by atomic mass is 10.2. The van der Waals surface area contributed by atoms with Crippen molar-refractivity contribution in [2.45, 2.75) is 12.1 Å². The number of hydrogen-bond donors (Lipinski definition) is 0. The van der Waals surface area contributed by atoms with E-state index in [-0.39, 0.29) is 18.7 Å². The van der Waals surface area contributed by atoms with Crippen molar-refractivity contribution in [3.63, 3.8) is 0 Å². The lowest BCUT2D eigenvalue weighted by Gasteiger charge is -2.03. The molecule has 0 N–H and O–H groups in total. The van der Waals surface area contributed by atoms with E-state index < -0.39 is 10.1 Å². The summed E-state index contributed by atoms with van der Waals surface area (Å²) in [6.45, 7) is 1.21. The molecule has 0 saturated carbocycles. The highest BCUT2D eigenvalue weighted by molar-refractivity contribution is 7.85. The van der Waals surface area contributed by atoms with Crippen molar-refractivity contribution >= 4 is 21.9 Å². The van der Waals surface area contributed by atoms with E-state index in [0.717, 1.165) is 17.4 Å². The van der Waals surface area contributed by atoms with Gasteiger partial charge in [0, 0.05) is 16.0 Å². The predicted molar refractivity (Wildman–Crippen MR) is 120 cm³/mol. The van der Waals surface area contributed by atoms with Gasteiger partial charge in [-0.15, -0.1) is 0 Å². The number of aliphatic imine (C=N–C) groups is 2. The Labute approximate surface area is 186 Å². The Balaban J connectivity index is 0.000000182. The molecule has 2 aromatic rings. The fourth-order valence-corrected chi connectivity index (χ4v) is 3.22. The zero-order valence-electron chi connectivity index (χ0n) is 17.4. The van der Waals surface area contributed by atoms with E-state index in [2.05, 4.69) is 24.2 Å². The molecule has 0 aromatic heterocycles. The van der Waals surface area contributed by atoms with Crippen LogP contribution in [0, 0.1) is 0 Å². The van der Waals surface area contributed by atoms with Gasteiger partial charge < -0.3 is 9.47 Å². The molecule has 10 nitrogen and oxygen atoms in total. The fraction of sp³-hybridized carbons (Fsp3) is 0.333. The third-order valence-corrected chi connectivity index (χ3v) is 4.86. The van der Waals surface area contributed by atoms with E-state index in [0.29, 0.717) is 31.6 Å². The van der Waals surface area contributed by atoms with Gasteiger partial charge in [-0.25, -0.2) is 9.98 Å². The Morgan fingerprint density at radius 2 is 1.47 bits per heavy atom. The second kappa shape index (κ2) is 11.3. The summed E-state index contributed by atoms with van der Waals surface area (Å²) in [5.41, 5.74) is 10.0. The highest BCUT2D eigenvalue weighted by Crippen LogP contribution is 2.13. The molecule has 168 valence electrons. The second-order valence-electron chi connectivity index (χ2n) is 6.93. The third kappa shape index (κ3) is 7.38. The molecule has 32 heavy (non-hydrogen) atoms. The molecule has 2 atom stereocenters. The molecule has 4 rings (SSSR count). The first-order chi connectivity index (χ1) is 15.4. The number of rotatable bonds is 7. The summed E-state index contributed by atoms with van der Waals surface area (Å²) in [5, 5.41) is 3.48. The number of ether oxygens (including phenoxy) is 2. The number of azide groups is 1. The van der Waals surface area contributed by atoms with Crippen LogP contribution in [0.25, 0.3) is 10.4 Å². The van der Waals surface area contributed by atoms with Crippen LogP contribution >= 0.6 is 0 Å². The van der Waals surface area contributed by atoms with Crippen LogP contribution in [0.2, 0.25) is 0 Å². The summed E-state index contributed by atoms with van der Waals surface area (Å²) in [7, 11) is -3.42. The maximum absolute atomic E-state index is 10.8. The van der Waals surface area contributed by atoms with Crippen LogP contribution in [0.3, 0.4) is 0 Å². The Kier molecular flexibility index (Phi) is 8.20. The summed E-state index contributed by atoms with van der Waals surface area (Å²) < 4.78 is 37.1. The molecule has 2 aromatic carbocycles. The van der Waals surface area contributed by atoms with E-state index in [1.807, 2.05) is 60.7 Å². The van der Waals surface area contributed by atoms with E-state index in [1.54, 1.807) is 0 Å². The van der Waals surface area contributed by atoms with Gasteiger partial charge in [-0.2, -0.15) is 8.42 Å². The van der Waals surface area contributed by atoms with Gasteiger partial charge >= 0.3 is 0 Å². The number of benzene rings is 2. The first-order valence-electron chi connectivity index (χ1n) is 9.82. The lowest BCUT2D eigenvalue weighted by molar-refractivity contribution is 0.248. The molecule has 2 aliphatic rings. The molecule has 2 aliphatic heterocycles.